The standard InChI is InChI=1S/C16H21NO5/c1-15(2,3)22-14(21)16(17,13(19)20)10-9-12(18)11-7-5-4-6-8-11/h4-8H,9-10,17H2,1-3H3,(H,19,20)/t16-/m0/s1. The molecule has 0 heterocycles. The van der Waals surface area contributed by atoms with Crippen molar-refractivity contribution >= 4 is 17.7 Å². The maximum atomic E-state index is 12.0. The monoisotopic (exact) mass is 307 g/mol. The van der Waals surface area contributed by atoms with Crippen LogP contribution in [0.15, 0.2) is 30.3 Å². The zero-order valence-corrected chi connectivity index (χ0v) is 13.0. The molecule has 0 saturated heterocycles. The van der Waals surface area contributed by atoms with Crippen LogP contribution in [0.2, 0.25) is 0 Å². The molecule has 120 valence electrons. The molecule has 1 atom stereocenters. The Hall–Kier alpha value is -2.21. The Morgan fingerprint density at radius 2 is 1.68 bits per heavy atom. The second-order valence-electron chi connectivity index (χ2n) is 6.07. The van der Waals surface area contributed by atoms with Gasteiger partial charge in [-0.1, -0.05) is 30.3 Å². The number of carbonyl (C=O) groups is 3. The molecule has 0 spiro atoms. The van der Waals surface area contributed by atoms with Crippen molar-refractivity contribution in [2.45, 2.75) is 44.8 Å². The zero-order valence-electron chi connectivity index (χ0n) is 13.0. The summed E-state index contributed by atoms with van der Waals surface area (Å²) in [6.45, 7) is 4.84. The van der Waals surface area contributed by atoms with Crippen molar-refractivity contribution < 1.29 is 24.2 Å². The van der Waals surface area contributed by atoms with Crippen LogP contribution in [-0.2, 0) is 14.3 Å². The van der Waals surface area contributed by atoms with Gasteiger partial charge in [0.1, 0.15) is 5.60 Å². The summed E-state index contributed by atoms with van der Waals surface area (Å²) in [4.78, 5) is 35.4. The van der Waals surface area contributed by atoms with Gasteiger partial charge in [0.15, 0.2) is 5.78 Å². The lowest BCUT2D eigenvalue weighted by atomic mass is 9.91. The lowest BCUT2D eigenvalue weighted by molar-refractivity contribution is -0.169. The van der Waals surface area contributed by atoms with Crippen LogP contribution in [0.5, 0.6) is 0 Å². The summed E-state index contributed by atoms with van der Waals surface area (Å²) in [6.07, 6.45) is -0.489. The predicted octanol–water partition coefficient (Wildman–Crippen LogP) is 1.77. The van der Waals surface area contributed by atoms with Crippen molar-refractivity contribution in [2.24, 2.45) is 5.73 Å². The summed E-state index contributed by atoms with van der Waals surface area (Å²) in [5.41, 5.74) is 3.04. The fourth-order valence-electron chi connectivity index (χ4n) is 1.74. The number of rotatable bonds is 6. The van der Waals surface area contributed by atoms with Crippen molar-refractivity contribution in [3.63, 3.8) is 0 Å². The quantitative estimate of drug-likeness (QED) is 0.471. The van der Waals surface area contributed by atoms with E-state index < -0.39 is 23.1 Å². The fourth-order valence-corrected chi connectivity index (χ4v) is 1.74. The average Bonchev–Trinajstić information content (AvgIpc) is 2.43. The summed E-state index contributed by atoms with van der Waals surface area (Å²) >= 11 is 0. The van der Waals surface area contributed by atoms with Crippen molar-refractivity contribution in [2.75, 3.05) is 0 Å². The van der Waals surface area contributed by atoms with Crippen LogP contribution in [0, 0.1) is 0 Å². The number of hydrogen-bond acceptors (Lipinski definition) is 5. The van der Waals surface area contributed by atoms with Gasteiger partial charge in [0.25, 0.3) is 0 Å². The maximum Gasteiger partial charge on any atom is 0.338 e. The van der Waals surface area contributed by atoms with E-state index in [9.17, 15) is 19.5 Å². The Balaban J connectivity index is 2.82. The third-order valence-electron chi connectivity index (χ3n) is 2.99. The van der Waals surface area contributed by atoms with Crippen molar-refractivity contribution in [1.29, 1.82) is 0 Å². The van der Waals surface area contributed by atoms with Crippen LogP contribution in [0.1, 0.15) is 44.0 Å². The lowest BCUT2D eigenvalue weighted by Gasteiger charge is -2.27. The summed E-state index contributed by atoms with van der Waals surface area (Å²) < 4.78 is 5.05. The molecule has 0 bridgehead atoms. The number of carboxylic acid groups (broad SMARTS) is 1. The average molecular weight is 307 g/mol. The van der Waals surface area contributed by atoms with Crippen molar-refractivity contribution in [3.8, 4) is 0 Å². The molecule has 0 aliphatic carbocycles. The molecule has 0 amide bonds. The smallest absolute Gasteiger partial charge is 0.338 e. The Kier molecular flexibility index (Phi) is 5.43. The molecule has 0 unspecified atom stereocenters. The van der Waals surface area contributed by atoms with E-state index in [2.05, 4.69) is 0 Å². The van der Waals surface area contributed by atoms with E-state index >= 15 is 0 Å². The largest absolute Gasteiger partial charge is 0.479 e. The molecule has 3 N–H and O–H groups in total. The molecule has 0 radical (unpaired) electrons. The van der Waals surface area contributed by atoms with Gasteiger partial charge in [0.05, 0.1) is 0 Å². The number of benzene rings is 1. The number of Topliss-reactive ketones (excluding diaryl/α,β-unsaturated/α-hetero) is 1. The molecule has 6 heteroatoms. The van der Waals surface area contributed by atoms with E-state index in [1.54, 1.807) is 51.1 Å². The summed E-state index contributed by atoms with van der Waals surface area (Å²) in [5.74, 6) is -2.84. The van der Waals surface area contributed by atoms with Crippen LogP contribution >= 0.6 is 0 Å². The molecular formula is C16H21NO5. The molecule has 1 rings (SSSR count). The van der Waals surface area contributed by atoms with Gasteiger partial charge in [-0.15, -0.1) is 0 Å². The zero-order chi connectivity index (χ0) is 17.0. The molecular weight excluding hydrogens is 286 g/mol. The topological polar surface area (TPSA) is 107 Å². The highest BCUT2D eigenvalue weighted by Gasteiger charge is 2.45. The molecule has 6 nitrogen and oxygen atoms in total. The highest BCUT2D eigenvalue weighted by Crippen LogP contribution is 2.19. The van der Waals surface area contributed by atoms with E-state index in [4.69, 9.17) is 10.5 Å². The highest BCUT2D eigenvalue weighted by molar-refractivity contribution is 6.05. The minimum Gasteiger partial charge on any atom is -0.479 e. The molecule has 0 aromatic heterocycles. The number of aliphatic carboxylic acids is 1. The number of esters is 1. The number of carbonyl (C=O) groups excluding carboxylic acids is 2. The Bertz CT molecular complexity index is 562. The Labute approximate surface area is 129 Å². The third-order valence-corrected chi connectivity index (χ3v) is 2.99. The number of ketones is 1. The molecule has 0 aliphatic heterocycles. The summed E-state index contributed by atoms with van der Waals surface area (Å²) in [5, 5.41) is 9.25. The van der Waals surface area contributed by atoms with E-state index in [1.165, 1.54) is 0 Å². The third kappa shape index (κ3) is 4.66. The van der Waals surface area contributed by atoms with Crippen LogP contribution < -0.4 is 5.73 Å². The van der Waals surface area contributed by atoms with E-state index in [1.807, 2.05) is 0 Å². The van der Waals surface area contributed by atoms with Crippen molar-refractivity contribution in [3.05, 3.63) is 35.9 Å². The number of ether oxygens (including phenoxy) is 1. The SMILES string of the molecule is CC(C)(C)OC(=O)[C@](N)(CCC(=O)c1ccccc1)C(=O)O. The first kappa shape index (κ1) is 17.8. The van der Waals surface area contributed by atoms with Gasteiger partial charge in [-0.3, -0.25) is 4.79 Å². The highest BCUT2D eigenvalue weighted by atomic mass is 16.6. The van der Waals surface area contributed by atoms with Crippen LogP contribution in [0.3, 0.4) is 0 Å². The molecule has 22 heavy (non-hydrogen) atoms. The van der Waals surface area contributed by atoms with Gasteiger partial charge < -0.3 is 15.6 Å². The molecule has 0 saturated carbocycles. The van der Waals surface area contributed by atoms with Gasteiger partial charge in [-0.2, -0.15) is 0 Å². The summed E-state index contributed by atoms with van der Waals surface area (Å²) in [7, 11) is 0. The molecule has 1 aromatic carbocycles. The minimum absolute atomic E-state index is 0.161. The first-order chi connectivity index (χ1) is 10.1. The van der Waals surface area contributed by atoms with Gasteiger partial charge in [-0.05, 0) is 27.2 Å². The van der Waals surface area contributed by atoms with Crippen LogP contribution in [-0.4, -0.2) is 34.0 Å². The van der Waals surface area contributed by atoms with Crippen LogP contribution in [0.25, 0.3) is 0 Å². The first-order valence-corrected chi connectivity index (χ1v) is 6.90. The van der Waals surface area contributed by atoms with Gasteiger partial charge in [0, 0.05) is 12.0 Å². The van der Waals surface area contributed by atoms with Gasteiger partial charge in [0.2, 0.25) is 5.54 Å². The normalized spacial score (nSPS) is 14.0. The molecule has 1 aromatic rings. The number of hydrogen-bond donors (Lipinski definition) is 2. The first-order valence-electron chi connectivity index (χ1n) is 6.90. The van der Waals surface area contributed by atoms with E-state index in [0.717, 1.165) is 0 Å². The minimum atomic E-state index is -2.24. The Morgan fingerprint density at radius 1 is 1.14 bits per heavy atom. The second-order valence-corrected chi connectivity index (χ2v) is 6.07. The number of carboxylic acids is 1. The van der Waals surface area contributed by atoms with Gasteiger partial charge >= 0.3 is 11.9 Å². The predicted molar refractivity (Wildman–Crippen MR) is 80.4 cm³/mol. The van der Waals surface area contributed by atoms with Crippen molar-refractivity contribution in [1.82, 2.24) is 0 Å². The van der Waals surface area contributed by atoms with Crippen LogP contribution in [0.4, 0.5) is 0 Å². The summed E-state index contributed by atoms with van der Waals surface area (Å²) in [6, 6.07) is 8.41. The maximum absolute atomic E-state index is 12.0. The van der Waals surface area contributed by atoms with Gasteiger partial charge in [-0.25, -0.2) is 9.59 Å². The van der Waals surface area contributed by atoms with E-state index in [-0.39, 0.29) is 18.6 Å². The lowest BCUT2D eigenvalue weighted by Crippen LogP contribution is -2.57. The molecule has 0 fully saturated rings. The second kappa shape index (κ2) is 6.70. The Morgan fingerprint density at radius 3 is 2.14 bits per heavy atom. The number of nitrogens with two attached hydrogens (primary N) is 1. The fraction of sp³-hybridized carbons (Fsp3) is 0.438. The van der Waals surface area contributed by atoms with E-state index in [0.29, 0.717) is 5.56 Å². The molecule has 0 aliphatic rings.